The number of amides is 1. The zero-order valence-electron chi connectivity index (χ0n) is 11.6. The maximum absolute atomic E-state index is 12.0. The Morgan fingerprint density at radius 2 is 2.15 bits per heavy atom. The van der Waals surface area contributed by atoms with Crippen molar-refractivity contribution in [3.05, 3.63) is 40.3 Å². The van der Waals surface area contributed by atoms with Gasteiger partial charge in [0.2, 0.25) is 0 Å². The van der Waals surface area contributed by atoms with E-state index >= 15 is 0 Å². The first kappa shape index (κ1) is 13.4. The lowest BCUT2D eigenvalue weighted by Gasteiger charge is -2.02. The first-order chi connectivity index (χ1) is 9.70. The Morgan fingerprint density at radius 1 is 1.35 bits per heavy atom. The number of hydrogen-bond donors (Lipinski definition) is 1. The summed E-state index contributed by atoms with van der Waals surface area (Å²) in [5.74, 6) is -0.0340. The minimum atomic E-state index is -0.0340. The Bertz CT molecular complexity index is 586. The number of benzene rings is 1. The molecule has 4 heteroatoms. The second kappa shape index (κ2) is 5.83. The van der Waals surface area contributed by atoms with Gasteiger partial charge < -0.3 is 5.32 Å². The van der Waals surface area contributed by atoms with Crippen LogP contribution < -0.4 is 5.32 Å². The molecule has 1 saturated carbocycles. The van der Waals surface area contributed by atoms with Gasteiger partial charge in [-0.15, -0.1) is 0 Å². The third kappa shape index (κ3) is 3.12. The van der Waals surface area contributed by atoms with Crippen LogP contribution in [0.2, 0.25) is 0 Å². The molecule has 104 valence electrons. The molecule has 1 amide bonds. The number of hydrogen-bond acceptors (Lipinski definition) is 3. The highest BCUT2D eigenvalue weighted by Gasteiger charge is 2.25. The van der Waals surface area contributed by atoms with Gasteiger partial charge in [-0.05, 0) is 43.2 Å². The number of nitrogens with one attached hydrogen (secondary N) is 1. The van der Waals surface area contributed by atoms with Crippen molar-refractivity contribution in [1.82, 2.24) is 5.32 Å². The van der Waals surface area contributed by atoms with Gasteiger partial charge >= 0.3 is 0 Å². The van der Waals surface area contributed by atoms with Gasteiger partial charge in [0.25, 0.3) is 5.91 Å². The SMILES string of the molecule is Cc1cccc(/C=C2\SC(=NC3CCCC3)NC2=O)c1. The van der Waals surface area contributed by atoms with Crippen LogP contribution in [0.3, 0.4) is 0 Å². The van der Waals surface area contributed by atoms with Crippen molar-refractivity contribution >= 4 is 28.9 Å². The number of carbonyl (C=O) groups is 1. The smallest absolute Gasteiger partial charge is 0.264 e. The molecule has 2 aliphatic rings. The van der Waals surface area contributed by atoms with Crippen molar-refractivity contribution in [2.75, 3.05) is 0 Å². The van der Waals surface area contributed by atoms with Gasteiger partial charge in [0.15, 0.2) is 5.17 Å². The lowest BCUT2D eigenvalue weighted by atomic mass is 10.1. The summed E-state index contributed by atoms with van der Waals surface area (Å²) in [6.45, 7) is 2.05. The van der Waals surface area contributed by atoms with Crippen LogP contribution in [0.5, 0.6) is 0 Å². The van der Waals surface area contributed by atoms with Crippen LogP contribution in [0.1, 0.15) is 36.8 Å². The summed E-state index contributed by atoms with van der Waals surface area (Å²) in [7, 11) is 0. The predicted octanol–water partition coefficient (Wildman–Crippen LogP) is 3.50. The topological polar surface area (TPSA) is 41.5 Å². The second-order valence-corrected chi connectivity index (χ2v) is 6.38. The number of thioether (sulfide) groups is 1. The first-order valence-corrected chi connectivity index (χ1v) is 7.88. The van der Waals surface area contributed by atoms with E-state index in [2.05, 4.69) is 29.4 Å². The molecule has 20 heavy (non-hydrogen) atoms. The van der Waals surface area contributed by atoms with Crippen LogP contribution in [-0.2, 0) is 4.79 Å². The Labute approximate surface area is 123 Å². The highest BCUT2D eigenvalue weighted by molar-refractivity contribution is 8.18. The molecule has 2 fully saturated rings. The molecule has 0 aromatic heterocycles. The molecule has 0 radical (unpaired) electrons. The van der Waals surface area contributed by atoms with Crippen molar-refractivity contribution in [1.29, 1.82) is 0 Å². The summed E-state index contributed by atoms with van der Waals surface area (Å²) in [5, 5.41) is 3.64. The molecule has 1 aliphatic carbocycles. The molecule has 1 aromatic rings. The normalized spacial score (nSPS) is 23.8. The van der Waals surface area contributed by atoms with E-state index in [9.17, 15) is 4.79 Å². The molecule has 1 saturated heterocycles. The average molecular weight is 286 g/mol. The zero-order valence-corrected chi connectivity index (χ0v) is 12.4. The van der Waals surface area contributed by atoms with Crippen LogP contribution in [0.15, 0.2) is 34.2 Å². The summed E-state index contributed by atoms with van der Waals surface area (Å²) in [4.78, 5) is 17.3. The van der Waals surface area contributed by atoms with Crippen LogP contribution in [0, 0.1) is 6.92 Å². The fraction of sp³-hybridized carbons (Fsp3) is 0.375. The number of nitrogens with zero attached hydrogens (tertiary/aromatic N) is 1. The van der Waals surface area contributed by atoms with E-state index in [0.29, 0.717) is 6.04 Å². The Balaban J connectivity index is 1.76. The van der Waals surface area contributed by atoms with E-state index in [-0.39, 0.29) is 5.91 Å². The summed E-state index contributed by atoms with van der Waals surface area (Å²) in [5.41, 5.74) is 2.26. The standard InChI is InChI=1S/C16H18N2OS/c1-11-5-4-6-12(9-11)10-14-15(19)18-16(20-14)17-13-7-2-3-8-13/h4-6,9-10,13H,2-3,7-8H2,1H3,(H,17,18,19)/b14-10-. The average Bonchev–Trinajstić information content (AvgIpc) is 3.01. The van der Waals surface area contributed by atoms with Crippen LogP contribution in [0.25, 0.3) is 6.08 Å². The zero-order chi connectivity index (χ0) is 13.9. The Kier molecular flexibility index (Phi) is 3.92. The van der Waals surface area contributed by atoms with Gasteiger partial charge in [0, 0.05) is 0 Å². The van der Waals surface area contributed by atoms with Gasteiger partial charge in [0.05, 0.1) is 10.9 Å². The third-order valence-electron chi connectivity index (χ3n) is 3.62. The lowest BCUT2D eigenvalue weighted by molar-refractivity contribution is -0.115. The molecule has 0 spiro atoms. The van der Waals surface area contributed by atoms with Crippen molar-refractivity contribution in [3.8, 4) is 0 Å². The molecule has 1 aromatic carbocycles. The minimum absolute atomic E-state index is 0.0340. The monoisotopic (exact) mass is 286 g/mol. The van der Waals surface area contributed by atoms with Gasteiger partial charge in [-0.3, -0.25) is 9.79 Å². The maximum Gasteiger partial charge on any atom is 0.264 e. The molecule has 1 N–H and O–H groups in total. The molecule has 0 atom stereocenters. The van der Waals surface area contributed by atoms with E-state index < -0.39 is 0 Å². The van der Waals surface area contributed by atoms with E-state index in [0.717, 1.165) is 28.5 Å². The molecule has 0 bridgehead atoms. The Morgan fingerprint density at radius 3 is 2.90 bits per heavy atom. The Hall–Kier alpha value is -1.55. The lowest BCUT2D eigenvalue weighted by Crippen LogP contribution is -2.21. The molecular weight excluding hydrogens is 268 g/mol. The van der Waals surface area contributed by atoms with Gasteiger partial charge in [0.1, 0.15) is 0 Å². The molecule has 3 nitrogen and oxygen atoms in total. The minimum Gasteiger partial charge on any atom is -0.301 e. The molecule has 3 rings (SSSR count). The quantitative estimate of drug-likeness (QED) is 0.845. The third-order valence-corrected chi connectivity index (χ3v) is 4.54. The van der Waals surface area contributed by atoms with Crippen molar-refractivity contribution < 1.29 is 4.79 Å². The highest BCUT2D eigenvalue weighted by atomic mass is 32.2. The van der Waals surface area contributed by atoms with Crippen LogP contribution >= 0.6 is 11.8 Å². The number of carbonyl (C=O) groups excluding carboxylic acids is 1. The number of aryl methyl sites for hydroxylation is 1. The number of rotatable bonds is 2. The second-order valence-electron chi connectivity index (χ2n) is 5.35. The highest BCUT2D eigenvalue weighted by Crippen LogP contribution is 2.29. The van der Waals surface area contributed by atoms with E-state index in [1.165, 1.54) is 30.2 Å². The predicted molar refractivity (Wildman–Crippen MR) is 84.6 cm³/mol. The van der Waals surface area contributed by atoms with Crippen LogP contribution in [0.4, 0.5) is 0 Å². The number of amidine groups is 1. The van der Waals surface area contributed by atoms with Gasteiger partial charge in [-0.2, -0.15) is 0 Å². The fourth-order valence-electron chi connectivity index (χ4n) is 2.60. The molecule has 0 unspecified atom stereocenters. The van der Waals surface area contributed by atoms with Crippen molar-refractivity contribution in [3.63, 3.8) is 0 Å². The summed E-state index contributed by atoms with van der Waals surface area (Å²) >= 11 is 1.46. The maximum atomic E-state index is 12.0. The fourth-order valence-corrected chi connectivity index (χ4v) is 3.49. The summed E-state index contributed by atoms with van der Waals surface area (Å²) in [6, 6.07) is 8.55. The summed E-state index contributed by atoms with van der Waals surface area (Å²) in [6.07, 6.45) is 6.75. The largest absolute Gasteiger partial charge is 0.301 e. The van der Waals surface area contributed by atoms with E-state index in [4.69, 9.17) is 0 Å². The summed E-state index contributed by atoms with van der Waals surface area (Å²) < 4.78 is 0. The first-order valence-electron chi connectivity index (χ1n) is 7.06. The van der Waals surface area contributed by atoms with Crippen LogP contribution in [-0.4, -0.2) is 17.1 Å². The molecule has 1 heterocycles. The van der Waals surface area contributed by atoms with Gasteiger partial charge in [-0.25, -0.2) is 0 Å². The van der Waals surface area contributed by atoms with Gasteiger partial charge in [-0.1, -0.05) is 42.7 Å². The van der Waals surface area contributed by atoms with E-state index in [1.807, 2.05) is 18.2 Å². The number of aliphatic imine (C=N–C) groups is 1. The molecular formula is C16H18N2OS. The van der Waals surface area contributed by atoms with Crippen molar-refractivity contribution in [2.45, 2.75) is 38.6 Å². The van der Waals surface area contributed by atoms with E-state index in [1.54, 1.807) is 0 Å². The molecule has 1 aliphatic heterocycles. The van der Waals surface area contributed by atoms with Crippen molar-refractivity contribution in [2.24, 2.45) is 4.99 Å².